The van der Waals surface area contributed by atoms with Crippen LogP contribution in [0.4, 0.5) is 0 Å². The smallest absolute Gasteiger partial charge is 0.333 e. The minimum Gasteiger partial charge on any atom is -0.482 e. The highest BCUT2D eigenvalue weighted by Crippen LogP contribution is 2.69. The second-order valence-electron chi connectivity index (χ2n) is 18.7. The minimum absolute atomic E-state index is 0.0106. The van der Waals surface area contributed by atoms with Crippen LogP contribution in [0.3, 0.4) is 0 Å². The van der Waals surface area contributed by atoms with Crippen molar-refractivity contribution in [3.63, 3.8) is 0 Å². The zero-order valence-electron chi connectivity index (χ0n) is 37.4. The number of nitrogens with zero attached hydrogens (tertiary/aromatic N) is 1. The Morgan fingerprint density at radius 1 is 1.05 bits per heavy atom. The van der Waals surface area contributed by atoms with Crippen LogP contribution in [0.15, 0.2) is 58.1 Å². The number of nitriles is 1. The number of nitrogens with two attached hydrogens (primary N) is 1. The van der Waals surface area contributed by atoms with Gasteiger partial charge in [-0.15, -0.1) is 0 Å². The van der Waals surface area contributed by atoms with Crippen molar-refractivity contribution in [3.05, 3.63) is 74.7 Å². The highest BCUT2D eigenvalue weighted by atomic mass is 16.7. The molecule has 1 aromatic carbocycles. The van der Waals surface area contributed by atoms with E-state index in [2.05, 4.69) is 12.1 Å². The third-order valence-electron chi connectivity index (χ3n) is 13.6. The first-order valence-electron chi connectivity index (χ1n) is 21.6. The summed E-state index contributed by atoms with van der Waals surface area (Å²) < 4.78 is 38.7. The van der Waals surface area contributed by atoms with Crippen LogP contribution in [0.25, 0.3) is 11.8 Å². The summed E-state index contributed by atoms with van der Waals surface area (Å²) in [5, 5.41) is 67.2. The average molecular weight is 873 g/mol. The monoisotopic (exact) mass is 872 g/mol. The highest BCUT2D eigenvalue weighted by Gasteiger charge is 2.77. The van der Waals surface area contributed by atoms with Gasteiger partial charge in [0.1, 0.15) is 64.7 Å². The van der Waals surface area contributed by atoms with E-state index >= 15 is 4.79 Å². The van der Waals surface area contributed by atoms with E-state index in [1.165, 1.54) is 20.1 Å². The van der Waals surface area contributed by atoms with Gasteiger partial charge in [-0.25, -0.2) is 4.79 Å². The summed E-state index contributed by atoms with van der Waals surface area (Å²) in [6, 6.07) is 2.18. The van der Waals surface area contributed by atoms with Gasteiger partial charge in [-0.3, -0.25) is 4.79 Å². The normalized spacial score (nSPS) is 33.9. The summed E-state index contributed by atoms with van der Waals surface area (Å²) in [4.78, 5) is 27.8. The van der Waals surface area contributed by atoms with Crippen LogP contribution in [0, 0.1) is 35.0 Å². The molecule has 15 nitrogen and oxygen atoms in total. The molecule has 4 heterocycles. The Morgan fingerprint density at radius 2 is 1.75 bits per heavy atom. The van der Waals surface area contributed by atoms with E-state index in [1.54, 1.807) is 0 Å². The zero-order chi connectivity index (χ0) is 46.1. The number of hydrogen-bond donors (Lipinski definition) is 6. The lowest BCUT2D eigenvalue weighted by Crippen LogP contribution is -2.78. The number of ether oxygens (including phenoxy) is 6. The Hall–Kier alpha value is -4.95. The number of methoxy groups -OCH3 is 1. The quantitative estimate of drug-likeness (QED) is 0.0957. The number of carbonyl (C=O) groups is 2. The lowest BCUT2D eigenvalue weighted by Gasteiger charge is -2.65. The number of benzene rings is 1. The SMILES string of the molecule is COC(=O)/C(C)=C\CC1(O)C(=O)C2CC(C(C)C)C13Oc1c(CC=C(C)C)c4c(c(O[C@H]5O[C@@H](CO)[C@H](O)[C@@H](O)[C@@H]5O)c1C1=C3C2C(C#N)=C(N)O1)C=CC(C)(CCC=C(C)C)O4. The van der Waals surface area contributed by atoms with Crippen molar-refractivity contribution >= 4 is 23.6 Å². The molecule has 4 fully saturated rings. The fraction of sp³-hybridized carbons (Fsp3) is 0.562. The van der Waals surface area contributed by atoms with Gasteiger partial charge in [-0.2, -0.15) is 5.26 Å². The molecule has 4 aliphatic heterocycles. The third kappa shape index (κ3) is 7.29. The molecule has 8 rings (SSSR count). The molecule has 3 saturated carbocycles. The fourth-order valence-electron chi connectivity index (χ4n) is 10.3. The first-order chi connectivity index (χ1) is 29.7. The lowest BCUT2D eigenvalue weighted by molar-refractivity contribution is -0.277. The molecule has 1 saturated heterocycles. The molecule has 0 amide bonds. The van der Waals surface area contributed by atoms with Crippen molar-refractivity contribution in [2.45, 2.75) is 135 Å². The van der Waals surface area contributed by atoms with E-state index in [0.29, 0.717) is 35.3 Å². The number of aliphatic hydroxyl groups is 5. The molecule has 7 aliphatic rings. The van der Waals surface area contributed by atoms with Crippen molar-refractivity contribution in [2.24, 2.45) is 29.4 Å². The molecule has 3 aliphatic carbocycles. The average Bonchev–Trinajstić information content (AvgIpc) is 3.23. The number of esters is 1. The van der Waals surface area contributed by atoms with Gasteiger partial charge in [0.15, 0.2) is 17.0 Å². The molecular formula is C48H60N2O13. The molecule has 1 spiro atoms. The predicted molar refractivity (Wildman–Crippen MR) is 229 cm³/mol. The molecule has 6 unspecified atom stereocenters. The molecule has 0 aromatic heterocycles. The summed E-state index contributed by atoms with van der Waals surface area (Å²) in [5.41, 5.74) is 5.07. The molecule has 7 N–H and O–H groups in total. The maximum Gasteiger partial charge on any atom is 0.333 e. The first-order valence-corrected chi connectivity index (χ1v) is 21.6. The van der Waals surface area contributed by atoms with Crippen molar-refractivity contribution in [1.82, 2.24) is 0 Å². The predicted octanol–water partition coefficient (Wildman–Crippen LogP) is 4.58. The number of rotatable bonds is 12. The molecule has 0 radical (unpaired) electrons. The van der Waals surface area contributed by atoms with Gasteiger partial charge in [0, 0.05) is 40.9 Å². The van der Waals surface area contributed by atoms with Gasteiger partial charge >= 0.3 is 5.97 Å². The summed E-state index contributed by atoms with van der Waals surface area (Å²) in [7, 11) is 1.24. The van der Waals surface area contributed by atoms with E-state index in [0.717, 1.165) is 11.1 Å². The third-order valence-corrected chi connectivity index (χ3v) is 13.6. The van der Waals surface area contributed by atoms with Crippen molar-refractivity contribution < 1.29 is 63.5 Å². The summed E-state index contributed by atoms with van der Waals surface area (Å²) >= 11 is 0. The molecule has 2 bridgehead atoms. The van der Waals surface area contributed by atoms with Crippen LogP contribution >= 0.6 is 0 Å². The van der Waals surface area contributed by atoms with Crippen LogP contribution in [-0.2, 0) is 30.2 Å². The maximum atomic E-state index is 15.1. The standard InChI is InChI=1S/C48H60N2O13/c1-22(2)11-10-16-46(8)17-15-27-38(62-46)26(13-12-23(3)4)40-33(39(27)61-45-37(54)36(53)35(52)31(21-51)59-45)41-34-32(29(20-49)43(50)60-41)28-19-30(24(5)6)48(34,63-40)47(57,42(28)55)18-14-25(7)44(56)58-9/h11-12,14-15,17,24,28,30-32,35-37,45,51-54,57H,10,13,16,18-19,21,50H2,1-9H3/b25-14-/t28?,30?,31-,32?,35-,36+,37-,45+,46?,47?,48?/m0/s1. The number of hydrogen-bond acceptors (Lipinski definition) is 15. The maximum absolute atomic E-state index is 15.1. The Morgan fingerprint density at radius 3 is 2.37 bits per heavy atom. The molecule has 11 atom stereocenters. The first kappa shape index (κ1) is 46.1. The van der Waals surface area contributed by atoms with E-state index in [1.807, 2.05) is 66.7 Å². The zero-order valence-corrected chi connectivity index (χ0v) is 37.4. The van der Waals surface area contributed by atoms with Crippen molar-refractivity contribution in [3.8, 4) is 23.3 Å². The summed E-state index contributed by atoms with van der Waals surface area (Å²) in [6.45, 7) is 14.6. The van der Waals surface area contributed by atoms with E-state index in [9.17, 15) is 35.6 Å². The van der Waals surface area contributed by atoms with Crippen molar-refractivity contribution in [1.29, 1.82) is 5.26 Å². The Balaban J connectivity index is 1.59. The molecule has 340 valence electrons. The van der Waals surface area contributed by atoms with Gasteiger partial charge in [-0.05, 0) is 85.3 Å². The topological polar surface area (TPSA) is 240 Å². The minimum atomic E-state index is -2.34. The van der Waals surface area contributed by atoms with Crippen LogP contribution in [0.1, 0.15) is 97.8 Å². The van der Waals surface area contributed by atoms with Crippen LogP contribution in [-0.4, -0.2) is 98.5 Å². The number of allylic oxidation sites excluding steroid dienone is 5. The van der Waals surface area contributed by atoms with Crippen LogP contribution < -0.4 is 19.9 Å². The van der Waals surface area contributed by atoms with Gasteiger partial charge in [0.25, 0.3) is 0 Å². The van der Waals surface area contributed by atoms with E-state index in [-0.39, 0.29) is 65.0 Å². The Bertz CT molecular complexity index is 2310. The Labute approximate surface area is 367 Å². The van der Waals surface area contributed by atoms with Gasteiger partial charge in [0.05, 0.1) is 24.9 Å². The summed E-state index contributed by atoms with van der Waals surface area (Å²) in [5.74, 6) is -3.81. The molecule has 15 heteroatoms. The molecular weight excluding hydrogens is 813 g/mol. The van der Waals surface area contributed by atoms with Gasteiger partial charge in [-0.1, -0.05) is 43.2 Å². The second-order valence-corrected chi connectivity index (χ2v) is 18.7. The number of aliphatic hydroxyl groups excluding tert-OH is 4. The van der Waals surface area contributed by atoms with Crippen LogP contribution in [0.5, 0.6) is 17.2 Å². The Kier molecular flexibility index (Phi) is 12.3. The number of Topliss-reactive ketones (excluding diaryl/α,β-unsaturated/α-hetero) is 1. The molecule has 63 heavy (non-hydrogen) atoms. The van der Waals surface area contributed by atoms with E-state index in [4.69, 9.17) is 34.2 Å². The second kappa shape index (κ2) is 16.9. The summed E-state index contributed by atoms with van der Waals surface area (Å²) in [6.07, 6.45) is 2.30. The highest BCUT2D eigenvalue weighted by molar-refractivity contribution is 6.00. The number of ketones is 1. The van der Waals surface area contributed by atoms with E-state index < -0.39 is 83.6 Å². The largest absolute Gasteiger partial charge is 0.482 e. The number of fused-ring (bicyclic) bond motifs is 5. The van der Waals surface area contributed by atoms with Gasteiger partial charge < -0.3 is 59.7 Å². The lowest BCUT2D eigenvalue weighted by atomic mass is 9.43. The fourth-order valence-corrected chi connectivity index (χ4v) is 10.3. The molecule has 1 aromatic rings. The van der Waals surface area contributed by atoms with Gasteiger partial charge in [0.2, 0.25) is 12.2 Å². The van der Waals surface area contributed by atoms with Crippen LogP contribution in [0.2, 0.25) is 0 Å². The van der Waals surface area contributed by atoms with Crippen molar-refractivity contribution in [2.75, 3.05) is 13.7 Å². The number of carbonyl (C=O) groups excluding carboxylic acids is 2.